The average Bonchev–Trinajstić information content (AvgIpc) is 2.97. The zero-order chi connectivity index (χ0) is 16.4. The lowest BCUT2D eigenvalue weighted by Crippen LogP contribution is -2.31. The van der Waals surface area contributed by atoms with Crippen LogP contribution in [-0.2, 0) is 0 Å². The predicted octanol–water partition coefficient (Wildman–Crippen LogP) is 3.12. The molecule has 2 aromatic heterocycles. The molecule has 0 saturated heterocycles. The number of hydrogen-bond acceptors (Lipinski definition) is 5. The molecule has 0 N–H and O–H groups in total. The van der Waals surface area contributed by atoms with Gasteiger partial charge in [-0.25, -0.2) is 4.39 Å². The first-order chi connectivity index (χ1) is 11.1. The van der Waals surface area contributed by atoms with Crippen molar-refractivity contribution >= 4 is 23.2 Å². The quantitative estimate of drug-likeness (QED) is 0.719. The van der Waals surface area contributed by atoms with Crippen LogP contribution in [-0.4, -0.2) is 44.9 Å². The van der Waals surface area contributed by atoms with Crippen LogP contribution in [0.1, 0.15) is 6.92 Å². The van der Waals surface area contributed by atoms with Gasteiger partial charge in [-0.3, -0.25) is 0 Å². The highest BCUT2D eigenvalue weighted by atomic mass is 32.2. The Labute approximate surface area is 138 Å². The van der Waals surface area contributed by atoms with Crippen LogP contribution in [0.3, 0.4) is 0 Å². The van der Waals surface area contributed by atoms with Gasteiger partial charge in [-0.1, -0.05) is 12.1 Å². The minimum absolute atomic E-state index is 0.335. The Kier molecular flexibility index (Phi) is 4.47. The molecular weight excluding hydrogens is 313 g/mol. The van der Waals surface area contributed by atoms with Crippen LogP contribution >= 0.6 is 11.8 Å². The second-order valence-corrected chi connectivity index (χ2v) is 6.29. The third-order valence-electron chi connectivity index (χ3n) is 3.79. The van der Waals surface area contributed by atoms with Gasteiger partial charge in [0, 0.05) is 18.8 Å². The SMILES string of the molecule is CSCC(C)N(C)c1ccc2nnc(-c3ccccc3F)n2n1. The van der Waals surface area contributed by atoms with Crippen LogP contribution in [0.2, 0.25) is 0 Å². The standard InChI is InChI=1S/C16H18FN5S/c1-11(10-23-3)21(2)15-9-8-14-18-19-16(22(14)20-15)12-6-4-5-7-13(12)17/h4-9,11H,10H2,1-3H3. The van der Waals surface area contributed by atoms with E-state index >= 15 is 0 Å². The number of nitrogens with zero attached hydrogens (tertiary/aromatic N) is 5. The normalized spacial score (nSPS) is 12.5. The summed E-state index contributed by atoms with van der Waals surface area (Å²) < 4.78 is 15.6. The second kappa shape index (κ2) is 6.54. The van der Waals surface area contributed by atoms with Gasteiger partial charge in [0.2, 0.25) is 0 Å². The Bertz CT molecular complexity index is 819. The number of anilines is 1. The topological polar surface area (TPSA) is 46.3 Å². The van der Waals surface area contributed by atoms with Gasteiger partial charge in [0.05, 0.1) is 5.56 Å². The predicted molar refractivity (Wildman–Crippen MR) is 92.4 cm³/mol. The summed E-state index contributed by atoms with van der Waals surface area (Å²) in [5.41, 5.74) is 0.988. The minimum atomic E-state index is -0.335. The van der Waals surface area contributed by atoms with Gasteiger partial charge in [-0.2, -0.15) is 16.3 Å². The largest absolute Gasteiger partial charge is 0.355 e. The van der Waals surface area contributed by atoms with E-state index < -0.39 is 0 Å². The lowest BCUT2D eigenvalue weighted by atomic mass is 10.2. The monoisotopic (exact) mass is 331 g/mol. The fourth-order valence-corrected chi connectivity index (χ4v) is 3.06. The van der Waals surface area contributed by atoms with Crippen molar-refractivity contribution in [1.29, 1.82) is 0 Å². The van der Waals surface area contributed by atoms with E-state index in [4.69, 9.17) is 0 Å². The van der Waals surface area contributed by atoms with Crippen molar-refractivity contribution < 1.29 is 4.39 Å². The Morgan fingerprint density at radius 2 is 2.00 bits per heavy atom. The Balaban J connectivity index is 2.06. The third kappa shape index (κ3) is 3.01. The van der Waals surface area contributed by atoms with E-state index in [1.54, 1.807) is 34.5 Å². The van der Waals surface area contributed by atoms with Crippen LogP contribution in [0.15, 0.2) is 36.4 Å². The minimum Gasteiger partial charge on any atom is -0.355 e. The molecule has 23 heavy (non-hydrogen) atoms. The number of thioether (sulfide) groups is 1. The van der Waals surface area contributed by atoms with Crippen molar-refractivity contribution in [3.8, 4) is 11.4 Å². The molecule has 0 aliphatic rings. The van der Waals surface area contributed by atoms with Crippen molar-refractivity contribution in [3.05, 3.63) is 42.2 Å². The van der Waals surface area contributed by atoms with E-state index in [-0.39, 0.29) is 5.82 Å². The van der Waals surface area contributed by atoms with Crippen LogP contribution in [0.5, 0.6) is 0 Å². The van der Waals surface area contributed by atoms with Crippen LogP contribution in [0.25, 0.3) is 17.0 Å². The molecule has 3 aromatic rings. The second-order valence-electron chi connectivity index (χ2n) is 5.38. The van der Waals surface area contributed by atoms with E-state index in [1.165, 1.54) is 6.07 Å². The molecule has 3 rings (SSSR count). The number of benzene rings is 1. The van der Waals surface area contributed by atoms with Gasteiger partial charge in [0.1, 0.15) is 11.6 Å². The molecule has 0 aliphatic heterocycles. The molecular formula is C16H18FN5S. The maximum atomic E-state index is 14.0. The molecule has 1 atom stereocenters. The van der Waals surface area contributed by atoms with E-state index in [0.29, 0.717) is 23.1 Å². The fourth-order valence-electron chi connectivity index (χ4n) is 2.36. The zero-order valence-electron chi connectivity index (χ0n) is 13.3. The molecule has 0 amide bonds. The summed E-state index contributed by atoms with van der Waals surface area (Å²) >= 11 is 1.79. The Morgan fingerprint density at radius 3 is 2.74 bits per heavy atom. The third-order valence-corrected chi connectivity index (χ3v) is 4.61. The number of aromatic nitrogens is 4. The summed E-state index contributed by atoms with van der Waals surface area (Å²) in [6.45, 7) is 2.15. The molecule has 0 spiro atoms. The van der Waals surface area contributed by atoms with Gasteiger partial charge in [-0.15, -0.1) is 15.3 Å². The summed E-state index contributed by atoms with van der Waals surface area (Å²) in [6, 6.07) is 10.6. The molecule has 7 heteroatoms. The first-order valence-electron chi connectivity index (χ1n) is 7.31. The molecule has 1 unspecified atom stereocenters. The summed E-state index contributed by atoms with van der Waals surface area (Å²) in [6.07, 6.45) is 2.08. The van der Waals surface area contributed by atoms with E-state index in [0.717, 1.165) is 11.6 Å². The van der Waals surface area contributed by atoms with Crippen molar-refractivity contribution in [1.82, 2.24) is 19.8 Å². The lowest BCUT2D eigenvalue weighted by Gasteiger charge is -2.25. The van der Waals surface area contributed by atoms with E-state index in [1.807, 2.05) is 19.2 Å². The van der Waals surface area contributed by atoms with Crippen LogP contribution < -0.4 is 4.90 Å². The molecule has 0 bridgehead atoms. The number of halogens is 1. The summed E-state index contributed by atoms with van der Waals surface area (Å²) in [4.78, 5) is 2.10. The van der Waals surface area contributed by atoms with E-state index in [9.17, 15) is 4.39 Å². The van der Waals surface area contributed by atoms with Gasteiger partial charge >= 0.3 is 0 Å². The molecule has 1 aromatic carbocycles. The molecule has 0 fully saturated rings. The first kappa shape index (κ1) is 15.7. The maximum Gasteiger partial charge on any atom is 0.188 e. The molecule has 120 valence electrons. The molecule has 2 heterocycles. The molecule has 5 nitrogen and oxygen atoms in total. The first-order valence-corrected chi connectivity index (χ1v) is 8.70. The van der Waals surface area contributed by atoms with Crippen molar-refractivity contribution in [2.75, 3.05) is 24.0 Å². The smallest absolute Gasteiger partial charge is 0.188 e. The fraction of sp³-hybridized carbons (Fsp3) is 0.312. The van der Waals surface area contributed by atoms with Crippen molar-refractivity contribution in [3.63, 3.8) is 0 Å². The van der Waals surface area contributed by atoms with Crippen molar-refractivity contribution in [2.45, 2.75) is 13.0 Å². The number of hydrogen-bond donors (Lipinski definition) is 0. The highest BCUT2D eigenvalue weighted by molar-refractivity contribution is 7.98. The van der Waals surface area contributed by atoms with Gasteiger partial charge < -0.3 is 4.90 Å². The van der Waals surface area contributed by atoms with Gasteiger partial charge in [-0.05, 0) is 37.4 Å². The summed E-state index contributed by atoms with van der Waals surface area (Å²) in [7, 11) is 2.00. The average molecular weight is 331 g/mol. The lowest BCUT2D eigenvalue weighted by molar-refractivity contribution is 0.629. The highest BCUT2D eigenvalue weighted by Gasteiger charge is 2.16. The molecule has 0 saturated carbocycles. The maximum absolute atomic E-state index is 14.0. The number of rotatable bonds is 5. The van der Waals surface area contributed by atoms with Crippen molar-refractivity contribution in [2.24, 2.45) is 0 Å². The summed E-state index contributed by atoms with van der Waals surface area (Å²) in [5.74, 6) is 1.87. The van der Waals surface area contributed by atoms with Crippen LogP contribution in [0.4, 0.5) is 10.2 Å². The highest BCUT2D eigenvalue weighted by Crippen LogP contribution is 2.22. The molecule has 0 radical (unpaired) electrons. The van der Waals surface area contributed by atoms with Crippen LogP contribution in [0, 0.1) is 5.82 Å². The van der Waals surface area contributed by atoms with Gasteiger partial charge in [0.25, 0.3) is 0 Å². The Morgan fingerprint density at radius 1 is 1.22 bits per heavy atom. The number of fused-ring (bicyclic) bond motifs is 1. The molecule has 0 aliphatic carbocycles. The Hall–Kier alpha value is -2.15. The van der Waals surface area contributed by atoms with Gasteiger partial charge in [0.15, 0.2) is 11.5 Å². The zero-order valence-corrected chi connectivity index (χ0v) is 14.1. The van der Waals surface area contributed by atoms with E-state index in [2.05, 4.69) is 33.4 Å². The summed E-state index contributed by atoms with van der Waals surface area (Å²) in [5, 5.41) is 12.8.